The first-order valence-corrected chi connectivity index (χ1v) is 6.91. The largest absolute Gasteiger partial charge is 0.356 e. The predicted octanol–water partition coefficient (Wildman–Crippen LogP) is 1.89. The van der Waals surface area contributed by atoms with Gasteiger partial charge in [-0.3, -0.25) is 4.79 Å². The van der Waals surface area contributed by atoms with Crippen LogP contribution in [0.3, 0.4) is 0 Å². The van der Waals surface area contributed by atoms with E-state index in [4.69, 9.17) is 0 Å². The quantitative estimate of drug-likeness (QED) is 0.770. The van der Waals surface area contributed by atoms with Crippen molar-refractivity contribution in [2.45, 2.75) is 34.6 Å². The highest BCUT2D eigenvalue weighted by Crippen LogP contribution is 2.20. The molecule has 0 unspecified atom stereocenters. The van der Waals surface area contributed by atoms with Gasteiger partial charge in [0.2, 0.25) is 5.91 Å². The normalized spacial score (nSPS) is 24.9. The molecule has 0 saturated carbocycles. The van der Waals surface area contributed by atoms with E-state index in [0.717, 1.165) is 19.6 Å². The maximum absolute atomic E-state index is 12.1. The van der Waals surface area contributed by atoms with E-state index < -0.39 is 0 Å². The zero-order chi connectivity index (χ0) is 13.0. The molecule has 100 valence electrons. The van der Waals surface area contributed by atoms with Gasteiger partial charge in [-0.15, -0.1) is 0 Å². The average molecular weight is 240 g/mol. The Morgan fingerprint density at radius 3 is 2.24 bits per heavy atom. The molecular formula is C14H28N2O. The Balaban J connectivity index is 2.41. The first kappa shape index (κ1) is 14.5. The van der Waals surface area contributed by atoms with Gasteiger partial charge in [-0.2, -0.15) is 0 Å². The SMILES string of the molecule is CC(C)C(CNC(=O)[C@@H]1CNC[C@H]1C)C(C)C. The molecule has 3 nitrogen and oxygen atoms in total. The van der Waals surface area contributed by atoms with Crippen LogP contribution in [0.15, 0.2) is 0 Å². The minimum atomic E-state index is 0.162. The van der Waals surface area contributed by atoms with Crippen molar-refractivity contribution in [2.24, 2.45) is 29.6 Å². The van der Waals surface area contributed by atoms with Gasteiger partial charge in [-0.05, 0) is 30.2 Å². The average Bonchev–Trinajstić information content (AvgIpc) is 2.63. The smallest absolute Gasteiger partial charge is 0.224 e. The molecule has 1 fully saturated rings. The van der Waals surface area contributed by atoms with Gasteiger partial charge >= 0.3 is 0 Å². The lowest BCUT2D eigenvalue weighted by atomic mass is 9.85. The van der Waals surface area contributed by atoms with E-state index in [1.54, 1.807) is 0 Å². The first-order valence-electron chi connectivity index (χ1n) is 6.91. The molecule has 3 heteroatoms. The molecule has 1 amide bonds. The number of amides is 1. The Hall–Kier alpha value is -0.570. The maximum atomic E-state index is 12.1. The van der Waals surface area contributed by atoms with Gasteiger partial charge < -0.3 is 10.6 Å². The molecule has 2 atom stereocenters. The molecule has 1 saturated heterocycles. The molecule has 1 heterocycles. The van der Waals surface area contributed by atoms with Crippen molar-refractivity contribution >= 4 is 5.91 Å². The third-order valence-electron chi connectivity index (χ3n) is 4.08. The highest BCUT2D eigenvalue weighted by Gasteiger charge is 2.30. The van der Waals surface area contributed by atoms with E-state index in [0.29, 0.717) is 23.7 Å². The fraction of sp³-hybridized carbons (Fsp3) is 0.929. The van der Waals surface area contributed by atoms with E-state index in [-0.39, 0.29) is 11.8 Å². The lowest BCUT2D eigenvalue weighted by molar-refractivity contribution is -0.125. The number of hydrogen-bond acceptors (Lipinski definition) is 2. The van der Waals surface area contributed by atoms with Crippen LogP contribution in [0.4, 0.5) is 0 Å². The molecule has 1 rings (SSSR count). The molecule has 0 aromatic heterocycles. The van der Waals surface area contributed by atoms with Gasteiger partial charge in [0.25, 0.3) is 0 Å². The molecule has 2 N–H and O–H groups in total. The summed E-state index contributed by atoms with van der Waals surface area (Å²) in [5.74, 6) is 2.67. The molecule has 0 radical (unpaired) electrons. The Morgan fingerprint density at radius 1 is 1.24 bits per heavy atom. The van der Waals surface area contributed by atoms with Gasteiger partial charge in [0, 0.05) is 13.1 Å². The second-order valence-corrected chi connectivity index (χ2v) is 6.14. The summed E-state index contributed by atoms with van der Waals surface area (Å²) < 4.78 is 0. The fourth-order valence-corrected chi connectivity index (χ4v) is 2.75. The second-order valence-electron chi connectivity index (χ2n) is 6.14. The lowest BCUT2D eigenvalue weighted by Gasteiger charge is -2.26. The van der Waals surface area contributed by atoms with E-state index >= 15 is 0 Å². The van der Waals surface area contributed by atoms with Crippen LogP contribution >= 0.6 is 0 Å². The second kappa shape index (κ2) is 6.39. The van der Waals surface area contributed by atoms with Crippen molar-refractivity contribution in [3.8, 4) is 0 Å². The zero-order valence-electron chi connectivity index (χ0n) is 11.9. The van der Waals surface area contributed by atoms with Crippen LogP contribution in [0.1, 0.15) is 34.6 Å². The molecule has 0 aromatic carbocycles. The van der Waals surface area contributed by atoms with Crippen LogP contribution in [0.5, 0.6) is 0 Å². The minimum Gasteiger partial charge on any atom is -0.356 e. The van der Waals surface area contributed by atoms with Crippen molar-refractivity contribution in [1.29, 1.82) is 0 Å². The summed E-state index contributed by atoms with van der Waals surface area (Å²) in [7, 11) is 0. The highest BCUT2D eigenvalue weighted by molar-refractivity contribution is 5.79. The number of carbonyl (C=O) groups excluding carboxylic acids is 1. The lowest BCUT2D eigenvalue weighted by Crippen LogP contribution is -2.39. The first-order chi connectivity index (χ1) is 7.93. The Morgan fingerprint density at radius 2 is 1.82 bits per heavy atom. The van der Waals surface area contributed by atoms with Crippen molar-refractivity contribution in [3.63, 3.8) is 0 Å². The van der Waals surface area contributed by atoms with Crippen molar-refractivity contribution < 1.29 is 4.79 Å². The molecule has 1 aliphatic rings. The predicted molar refractivity (Wildman–Crippen MR) is 71.7 cm³/mol. The van der Waals surface area contributed by atoms with Crippen LogP contribution in [0.25, 0.3) is 0 Å². The molecule has 0 spiro atoms. The Bertz CT molecular complexity index is 243. The van der Waals surface area contributed by atoms with Crippen molar-refractivity contribution in [2.75, 3.05) is 19.6 Å². The van der Waals surface area contributed by atoms with Crippen LogP contribution in [-0.2, 0) is 4.79 Å². The van der Waals surface area contributed by atoms with Crippen LogP contribution in [0.2, 0.25) is 0 Å². The molecule has 0 aliphatic carbocycles. The third kappa shape index (κ3) is 3.98. The van der Waals surface area contributed by atoms with Gasteiger partial charge in [0.1, 0.15) is 0 Å². The molecule has 0 bridgehead atoms. The number of nitrogens with one attached hydrogen (secondary N) is 2. The summed E-state index contributed by atoms with van der Waals surface area (Å²) in [6, 6.07) is 0. The summed E-state index contributed by atoms with van der Waals surface area (Å²) >= 11 is 0. The fourth-order valence-electron chi connectivity index (χ4n) is 2.75. The summed E-state index contributed by atoms with van der Waals surface area (Å²) in [5.41, 5.74) is 0. The third-order valence-corrected chi connectivity index (χ3v) is 4.08. The molecular weight excluding hydrogens is 212 g/mol. The van der Waals surface area contributed by atoms with Crippen molar-refractivity contribution in [3.05, 3.63) is 0 Å². The molecule has 17 heavy (non-hydrogen) atoms. The van der Waals surface area contributed by atoms with E-state index in [1.165, 1.54) is 0 Å². The van der Waals surface area contributed by atoms with Gasteiger partial charge in [-0.25, -0.2) is 0 Å². The number of rotatable bonds is 5. The highest BCUT2D eigenvalue weighted by atomic mass is 16.1. The monoisotopic (exact) mass is 240 g/mol. The molecule has 0 aromatic rings. The van der Waals surface area contributed by atoms with E-state index in [2.05, 4.69) is 45.3 Å². The van der Waals surface area contributed by atoms with Crippen LogP contribution in [0, 0.1) is 29.6 Å². The van der Waals surface area contributed by atoms with Crippen molar-refractivity contribution in [1.82, 2.24) is 10.6 Å². The van der Waals surface area contributed by atoms with E-state index in [9.17, 15) is 4.79 Å². The van der Waals surface area contributed by atoms with Gasteiger partial charge in [0.15, 0.2) is 0 Å². The minimum absolute atomic E-state index is 0.162. The Labute approximate surface area is 106 Å². The van der Waals surface area contributed by atoms with Crippen LogP contribution in [-0.4, -0.2) is 25.5 Å². The number of hydrogen-bond donors (Lipinski definition) is 2. The van der Waals surface area contributed by atoms with Crippen LogP contribution < -0.4 is 10.6 Å². The van der Waals surface area contributed by atoms with Gasteiger partial charge in [-0.1, -0.05) is 34.6 Å². The summed E-state index contributed by atoms with van der Waals surface area (Å²) in [6.45, 7) is 13.7. The topological polar surface area (TPSA) is 41.1 Å². The summed E-state index contributed by atoms with van der Waals surface area (Å²) in [5, 5.41) is 6.41. The standard InChI is InChI=1S/C14H28N2O/c1-9(2)12(10(3)4)8-16-14(17)13-7-15-6-11(13)5/h9-13,15H,6-8H2,1-5H3,(H,16,17)/t11-,13-/m1/s1. The van der Waals surface area contributed by atoms with E-state index in [1.807, 2.05) is 0 Å². The summed E-state index contributed by atoms with van der Waals surface area (Å²) in [6.07, 6.45) is 0. The Kier molecular flexibility index (Phi) is 5.44. The maximum Gasteiger partial charge on any atom is 0.224 e. The molecule has 1 aliphatic heterocycles. The summed E-state index contributed by atoms with van der Waals surface area (Å²) in [4.78, 5) is 12.1. The number of carbonyl (C=O) groups is 1. The van der Waals surface area contributed by atoms with Gasteiger partial charge in [0.05, 0.1) is 5.92 Å². The zero-order valence-corrected chi connectivity index (χ0v) is 11.9.